The van der Waals surface area contributed by atoms with Crippen LogP contribution in [0.5, 0.6) is 0 Å². The van der Waals surface area contributed by atoms with Crippen molar-refractivity contribution in [1.29, 1.82) is 0 Å². The Labute approximate surface area is 183 Å². The number of carbonyl (C=O) groups excluding carboxylic acids is 3. The Kier molecular flexibility index (Phi) is 7.82. The molecule has 164 valence electrons. The number of nitrogens with one attached hydrogen (secondary N) is 1. The van der Waals surface area contributed by atoms with E-state index in [0.717, 1.165) is 17.5 Å². The molecule has 6 nitrogen and oxygen atoms in total. The minimum atomic E-state index is -0.711. The second kappa shape index (κ2) is 10.8. The monoisotopic (exact) mass is 422 g/mol. The van der Waals surface area contributed by atoms with E-state index < -0.39 is 6.04 Å². The molecule has 0 aliphatic carbocycles. The topological polar surface area (TPSA) is 75.7 Å². The van der Waals surface area contributed by atoms with E-state index in [-0.39, 0.29) is 23.7 Å². The Balaban J connectivity index is 1.76. The number of hydrogen-bond donors (Lipinski definition) is 1. The molecule has 0 bridgehead atoms. The molecule has 0 saturated carbocycles. The third-order valence-electron chi connectivity index (χ3n) is 5.55. The van der Waals surface area contributed by atoms with Crippen LogP contribution in [0, 0.1) is 12.8 Å². The third kappa shape index (κ3) is 6.17. The second-order valence-electron chi connectivity index (χ2n) is 7.96. The zero-order chi connectivity index (χ0) is 22.2. The average Bonchev–Trinajstić information content (AvgIpc) is 2.79. The summed E-state index contributed by atoms with van der Waals surface area (Å²) in [6.45, 7) is 4.95. The van der Waals surface area contributed by atoms with E-state index in [9.17, 15) is 14.4 Å². The van der Waals surface area contributed by atoms with Gasteiger partial charge < -0.3 is 15.0 Å². The molecule has 1 fully saturated rings. The lowest BCUT2D eigenvalue weighted by Gasteiger charge is -2.34. The zero-order valence-corrected chi connectivity index (χ0v) is 18.2. The van der Waals surface area contributed by atoms with Gasteiger partial charge in [-0.2, -0.15) is 0 Å². The standard InChI is InChI=1S/C25H30N2O4/c1-3-31-25(30)21-10-7-15-27(17-21)24(29)22(16-19-8-5-4-6-9-19)26-23(28)20-13-11-18(2)12-14-20/h4-6,8-9,11-14,21-22H,3,7,10,15-17H2,1-2H3,(H,26,28). The highest BCUT2D eigenvalue weighted by molar-refractivity contribution is 5.97. The fourth-order valence-electron chi connectivity index (χ4n) is 3.85. The van der Waals surface area contributed by atoms with Crippen LogP contribution in [0.3, 0.4) is 0 Å². The van der Waals surface area contributed by atoms with Crippen molar-refractivity contribution in [2.45, 2.75) is 39.2 Å². The Morgan fingerprint density at radius 1 is 1.10 bits per heavy atom. The summed E-state index contributed by atoms with van der Waals surface area (Å²) >= 11 is 0. The van der Waals surface area contributed by atoms with Crippen molar-refractivity contribution >= 4 is 17.8 Å². The van der Waals surface area contributed by atoms with Crippen LogP contribution in [0.4, 0.5) is 0 Å². The molecule has 31 heavy (non-hydrogen) atoms. The molecule has 1 N–H and O–H groups in total. The van der Waals surface area contributed by atoms with Gasteiger partial charge >= 0.3 is 5.97 Å². The van der Waals surface area contributed by atoms with E-state index in [4.69, 9.17) is 4.74 Å². The predicted molar refractivity (Wildman–Crippen MR) is 119 cm³/mol. The fraction of sp³-hybridized carbons (Fsp3) is 0.400. The molecule has 2 atom stereocenters. The third-order valence-corrected chi connectivity index (χ3v) is 5.55. The average molecular weight is 423 g/mol. The number of likely N-dealkylation sites (tertiary alicyclic amines) is 1. The minimum absolute atomic E-state index is 0.168. The Bertz CT molecular complexity index is 895. The van der Waals surface area contributed by atoms with E-state index >= 15 is 0 Å². The molecule has 1 heterocycles. The summed E-state index contributed by atoms with van der Waals surface area (Å²) in [5.74, 6) is -1.03. The lowest BCUT2D eigenvalue weighted by Crippen LogP contribution is -2.53. The van der Waals surface area contributed by atoms with Crippen LogP contribution < -0.4 is 5.32 Å². The Morgan fingerprint density at radius 3 is 2.48 bits per heavy atom. The molecule has 2 aromatic rings. The van der Waals surface area contributed by atoms with Crippen LogP contribution in [0.25, 0.3) is 0 Å². The molecular formula is C25H30N2O4. The minimum Gasteiger partial charge on any atom is -0.466 e. The maximum absolute atomic E-state index is 13.4. The first kappa shape index (κ1) is 22.5. The molecule has 2 aromatic carbocycles. The molecule has 2 amide bonds. The SMILES string of the molecule is CCOC(=O)C1CCCN(C(=O)C(Cc2ccccc2)NC(=O)c2ccc(C)cc2)C1. The van der Waals surface area contributed by atoms with Crippen LogP contribution in [0.2, 0.25) is 0 Å². The van der Waals surface area contributed by atoms with E-state index in [1.807, 2.05) is 49.4 Å². The van der Waals surface area contributed by atoms with Gasteiger partial charge in [-0.05, 0) is 44.4 Å². The number of hydrogen-bond acceptors (Lipinski definition) is 4. The van der Waals surface area contributed by atoms with Gasteiger partial charge in [0.1, 0.15) is 6.04 Å². The van der Waals surface area contributed by atoms with Crippen molar-refractivity contribution in [2.24, 2.45) is 5.92 Å². The molecule has 0 aromatic heterocycles. The zero-order valence-electron chi connectivity index (χ0n) is 18.2. The Morgan fingerprint density at radius 2 is 1.81 bits per heavy atom. The molecular weight excluding hydrogens is 392 g/mol. The summed E-state index contributed by atoms with van der Waals surface area (Å²) in [6, 6.07) is 16.2. The number of piperidine rings is 1. The van der Waals surface area contributed by atoms with Crippen molar-refractivity contribution in [3.63, 3.8) is 0 Å². The summed E-state index contributed by atoms with van der Waals surface area (Å²) in [7, 11) is 0. The normalized spacial score (nSPS) is 17.0. The number of nitrogens with zero attached hydrogens (tertiary/aromatic N) is 1. The number of benzene rings is 2. The number of carbonyl (C=O) groups is 3. The summed E-state index contributed by atoms with van der Waals surface area (Å²) in [6.07, 6.45) is 1.83. The first-order chi connectivity index (χ1) is 15.0. The lowest BCUT2D eigenvalue weighted by atomic mass is 9.96. The Hall–Kier alpha value is -3.15. The highest BCUT2D eigenvalue weighted by atomic mass is 16.5. The summed E-state index contributed by atoms with van der Waals surface area (Å²) < 4.78 is 5.15. The summed E-state index contributed by atoms with van der Waals surface area (Å²) in [5, 5.41) is 2.92. The first-order valence-electron chi connectivity index (χ1n) is 10.8. The van der Waals surface area contributed by atoms with E-state index in [2.05, 4.69) is 5.32 Å². The van der Waals surface area contributed by atoms with Crippen LogP contribution in [0.1, 0.15) is 41.3 Å². The van der Waals surface area contributed by atoms with Gasteiger partial charge in [-0.3, -0.25) is 14.4 Å². The number of rotatable bonds is 7. The summed E-state index contributed by atoms with van der Waals surface area (Å²) in [4.78, 5) is 40.1. The molecule has 1 aliphatic heterocycles. The van der Waals surface area contributed by atoms with Gasteiger partial charge in [0, 0.05) is 25.1 Å². The van der Waals surface area contributed by atoms with Crippen LogP contribution in [0.15, 0.2) is 54.6 Å². The highest BCUT2D eigenvalue weighted by Crippen LogP contribution is 2.20. The number of amides is 2. The number of ether oxygens (including phenoxy) is 1. The van der Waals surface area contributed by atoms with Gasteiger partial charge in [-0.15, -0.1) is 0 Å². The number of esters is 1. The van der Waals surface area contributed by atoms with Crippen molar-refractivity contribution in [3.8, 4) is 0 Å². The van der Waals surface area contributed by atoms with E-state index in [0.29, 0.717) is 38.1 Å². The van der Waals surface area contributed by atoms with Crippen molar-refractivity contribution in [1.82, 2.24) is 10.2 Å². The van der Waals surface area contributed by atoms with Crippen molar-refractivity contribution in [2.75, 3.05) is 19.7 Å². The maximum atomic E-state index is 13.4. The molecule has 1 saturated heterocycles. The van der Waals surface area contributed by atoms with Gasteiger partial charge in [-0.25, -0.2) is 0 Å². The van der Waals surface area contributed by atoms with Gasteiger partial charge in [0.05, 0.1) is 12.5 Å². The van der Waals surface area contributed by atoms with Gasteiger partial charge in [0.2, 0.25) is 5.91 Å². The predicted octanol–water partition coefficient (Wildman–Crippen LogP) is 3.14. The first-order valence-corrected chi connectivity index (χ1v) is 10.8. The molecule has 6 heteroatoms. The van der Waals surface area contributed by atoms with Crippen LogP contribution in [-0.2, 0) is 20.7 Å². The second-order valence-corrected chi connectivity index (χ2v) is 7.96. The maximum Gasteiger partial charge on any atom is 0.310 e. The largest absolute Gasteiger partial charge is 0.466 e. The summed E-state index contributed by atoms with van der Waals surface area (Å²) in [5.41, 5.74) is 2.54. The van der Waals surface area contributed by atoms with E-state index in [1.54, 1.807) is 24.0 Å². The lowest BCUT2D eigenvalue weighted by molar-refractivity contribution is -0.151. The van der Waals surface area contributed by atoms with Gasteiger partial charge in [0.15, 0.2) is 0 Å². The smallest absolute Gasteiger partial charge is 0.310 e. The molecule has 3 rings (SSSR count). The molecule has 0 radical (unpaired) electrons. The molecule has 2 unspecified atom stereocenters. The van der Waals surface area contributed by atoms with Crippen molar-refractivity contribution in [3.05, 3.63) is 71.3 Å². The molecule has 1 aliphatic rings. The fourth-order valence-corrected chi connectivity index (χ4v) is 3.85. The quantitative estimate of drug-likeness (QED) is 0.696. The van der Waals surface area contributed by atoms with Gasteiger partial charge in [-0.1, -0.05) is 48.0 Å². The van der Waals surface area contributed by atoms with Crippen molar-refractivity contribution < 1.29 is 19.1 Å². The highest BCUT2D eigenvalue weighted by Gasteiger charge is 2.33. The number of aryl methyl sites for hydroxylation is 1. The van der Waals surface area contributed by atoms with Gasteiger partial charge in [0.25, 0.3) is 5.91 Å². The van der Waals surface area contributed by atoms with Crippen LogP contribution in [-0.4, -0.2) is 48.4 Å². The van der Waals surface area contributed by atoms with Crippen LogP contribution >= 0.6 is 0 Å². The molecule has 0 spiro atoms. The van der Waals surface area contributed by atoms with E-state index in [1.165, 1.54) is 0 Å².